The van der Waals surface area contributed by atoms with Crippen molar-refractivity contribution in [3.8, 4) is 11.7 Å². The molecule has 2 aromatic rings. The Labute approximate surface area is 103 Å². The van der Waals surface area contributed by atoms with E-state index >= 15 is 0 Å². The third kappa shape index (κ3) is 2.34. The van der Waals surface area contributed by atoms with E-state index in [1.54, 1.807) is 0 Å². The first-order valence-corrected chi connectivity index (χ1v) is 4.85. The topological polar surface area (TPSA) is 88.2 Å². The van der Waals surface area contributed by atoms with Crippen LogP contribution in [-0.2, 0) is 6.18 Å². The molecule has 0 saturated carbocycles. The van der Waals surface area contributed by atoms with E-state index < -0.39 is 35.1 Å². The summed E-state index contributed by atoms with van der Waals surface area (Å²) in [6.45, 7) is 0. The molecule has 2 rings (SSSR count). The molecule has 9 heteroatoms. The summed E-state index contributed by atoms with van der Waals surface area (Å²) < 4.78 is 38.7. The number of aromatic nitrogens is 3. The normalized spacial score (nSPS) is 11.5. The average molecular weight is 273 g/mol. The Balaban J connectivity index is 2.63. The van der Waals surface area contributed by atoms with Crippen molar-refractivity contribution in [3.05, 3.63) is 35.7 Å². The molecule has 6 nitrogen and oxygen atoms in total. The number of rotatable bonds is 2. The second-order valence-corrected chi connectivity index (χ2v) is 3.48. The van der Waals surface area contributed by atoms with Gasteiger partial charge in [-0.05, 0) is 12.1 Å². The van der Waals surface area contributed by atoms with Crippen LogP contribution >= 0.6 is 0 Å². The molecule has 19 heavy (non-hydrogen) atoms. The maximum absolute atomic E-state index is 12.8. The van der Waals surface area contributed by atoms with Gasteiger partial charge in [-0.2, -0.15) is 23.0 Å². The summed E-state index contributed by atoms with van der Waals surface area (Å²) in [5.74, 6) is -2.92. The van der Waals surface area contributed by atoms with Crippen LogP contribution in [0.5, 0.6) is 5.88 Å². The molecule has 0 spiro atoms. The van der Waals surface area contributed by atoms with E-state index in [1.807, 2.05) is 0 Å². The number of aromatic hydroxyl groups is 1. The first kappa shape index (κ1) is 12.9. The number of pyridine rings is 1. The average Bonchev–Trinajstić information content (AvgIpc) is 2.70. The van der Waals surface area contributed by atoms with Crippen molar-refractivity contribution in [2.75, 3.05) is 0 Å². The quantitative estimate of drug-likeness (QED) is 0.869. The van der Waals surface area contributed by atoms with Crippen LogP contribution in [0, 0.1) is 0 Å². The maximum Gasteiger partial charge on any atom is 0.420 e. The molecule has 2 N–H and O–H groups in total. The second-order valence-electron chi connectivity index (χ2n) is 3.48. The molecular weight excluding hydrogens is 267 g/mol. The van der Waals surface area contributed by atoms with Crippen LogP contribution in [0.3, 0.4) is 0 Å². The molecule has 0 atom stereocenters. The van der Waals surface area contributed by atoms with Gasteiger partial charge < -0.3 is 10.2 Å². The number of carboxylic acid groups (broad SMARTS) is 1. The largest absolute Gasteiger partial charge is 0.493 e. The van der Waals surface area contributed by atoms with Gasteiger partial charge in [-0.3, -0.25) is 0 Å². The van der Waals surface area contributed by atoms with Gasteiger partial charge in [0.25, 0.3) is 0 Å². The molecule has 0 unspecified atom stereocenters. The Morgan fingerprint density at radius 3 is 2.58 bits per heavy atom. The zero-order valence-corrected chi connectivity index (χ0v) is 9.09. The zero-order valence-electron chi connectivity index (χ0n) is 9.09. The third-order valence-corrected chi connectivity index (χ3v) is 2.20. The highest BCUT2D eigenvalue weighted by Gasteiger charge is 2.35. The lowest BCUT2D eigenvalue weighted by atomic mass is 10.2. The molecule has 0 aliphatic heterocycles. The zero-order chi connectivity index (χ0) is 14.2. The van der Waals surface area contributed by atoms with Gasteiger partial charge in [-0.1, -0.05) is 0 Å². The van der Waals surface area contributed by atoms with Crippen molar-refractivity contribution in [3.63, 3.8) is 0 Å². The van der Waals surface area contributed by atoms with Crippen LogP contribution in [0.4, 0.5) is 13.2 Å². The van der Waals surface area contributed by atoms with E-state index in [4.69, 9.17) is 5.11 Å². The molecule has 0 bridgehead atoms. The smallest absolute Gasteiger partial charge is 0.420 e. The van der Waals surface area contributed by atoms with E-state index in [9.17, 15) is 23.1 Å². The maximum atomic E-state index is 12.8. The predicted octanol–water partition coefficient (Wildman–Crippen LogP) is 1.69. The van der Waals surface area contributed by atoms with Gasteiger partial charge in [0, 0.05) is 12.3 Å². The fourth-order valence-corrected chi connectivity index (χ4v) is 1.42. The number of alkyl halides is 3. The summed E-state index contributed by atoms with van der Waals surface area (Å²) >= 11 is 0. The van der Waals surface area contributed by atoms with Crippen molar-refractivity contribution in [2.24, 2.45) is 0 Å². The summed E-state index contributed by atoms with van der Waals surface area (Å²) in [6.07, 6.45) is -3.63. The number of carbonyl (C=O) groups is 1. The lowest BCUT2D eigenvalue weighted by Gasteiger charge is -2.11. The van der Waals surface area contributed by atoms with E-state index in [0.717, 1.165) is 24.4 Å². The van der Waals surface area contributed by atoms with E-state index in [2.05, 4.69) is 10.1 Å². The van der Waals surface area contributed by atoms with Gasteiger partial charge in [-0.25, -0.2) is 9.78 Å². The van der Waals surface area contributed by atoms with E-state index in [-0.39, 0.29) is 0 Å². The fourth-order valence-electron chi connectivity index (χ4n) is 1.42. The van der Waals surface area contributed by atoms with Crippen LogP contribution in [-0.4, -0.2) is 30.9 Å². The number of hydrogen-bond acceptors (Lipinski definition) is 4. The lowest BCUT2D eigenvalue weighted by Crippen LogP contribution is -2.13. The summed E-state index contributed by atoms with van der Waals surface area (Å²) in [5, 5.41) is 21.5. The van der Waals surface area contributed by atoms with Crippen molar-refractivity contribution in [1.29, 1.82) is 0 Å². The van der Waals surface area contributed by atoms with Crippen molar-refractivity contribution < 1.29 is 28.2 Å². The number of aromatic carboxylic acids is 1. The minimum atomic E-state index is -4.70. The Bertz CT molecular complexity index is 636. The molecular formula is C10H6F3N3O3. The number of halogens is 3. The van der Waals surface area contributed by atoms with Crippen LogP contribution in [0.2, 0.25) is 0 Å². The number of carboxylic acids is 1. The first-order chi connectivity index (χ1) is 8.80. The Hall–Kier alpha value is -2.58. The monoisotopic (exact) mass is 273 g/mol. The van der Waals surface area contributed by atoms with Crippen molar-refractivity contribution in [2.45, 2.75) is 6.18 Å². The van der Waals surface area contributed by atoms with Gasteiger partial charge in [0.15, 0.2) is 11.5 Å². The summed E-state index contributed by atoms with van der Waals surface area (Å²) in [6, 6.07) is 2.56. The van der Waals surface area contributed by atoms with Gasteiger partial charge >= 0.3 is 12.1 Å². The molecule has 0 aliphatic carbocycles. The van der Waals surface area contributed by atoms with E-state index in [1.165, 1.54) is 0 Å². The van der Waals surface area contributed by atoms with Crippen molar-refractivity contribution >= 4 is 5.97 Å². The molecule has 0 aromatic carbocycles. The molecule has 2 aromatic heterocycles. The highest BCUT2D eigenvalue weighted by atomic mass is 19.4. The minimum Gasteiger partial charge on any atom is -0.493 e. The molecule has 0 amide bonds. The molecule has 0 radical (unpaired) electrons. The number of hydrogen-bond donors (Lipinski definition) is 2. The summed E-state index contributed by atoms with van der Waals surface area (Å²) in [5.41, 5.74) is -1.72. The Morgan fingerprint density at radius 1 is 1.37 bits per heavy atom. The highest BCUT2D eigenvalue weighted by molar-refractivity contribution is 5.85. The van der Waals surface area contributed by atoms with Gasteiger partial charge in [-0.15, -0.1) is 0 Å². The van der Waals surface area contributed by atoms with Crippen molar-refractivity contribution in [1.82, 2.24) is 14.8 Å². The standard InChI is InChI=1S/C10H6F3N3O3/c11-10(12,13)5-2-1-3-14-8(5)16-7(17)4-6(15-16)9(18)19/h1-4,17H,(H,18,19). The molecule has 100 valence electrons. The minimum absolute atomic E-state index is 0.423. The Morgan fingerprint density at radius 2 is 2.05 bits per heavy atom. The summed E-state index contributed by atoms with van der Waals surface area (Å²) in [7, 11) is 0. The molecule has 0 aliphatic rings. The molecule has 0 fully saturated rings. The SMILES string of the molecule is O=C(O)c1cc(O)n(-c2ncccc2C(F)(F)F)n1. The second kappa shape index (κ2) is 4.26. The highest BCUT2D eigenvalue weighted by Crippen LogP contribution is 2.33. The third-order valence-electron chi connectivity index (χ3n) is 2.20. The molecule has 2 heterocycles. The van der Waals surface area contributed by atoms with E-state index in [0.29, 0.717) is 4.68 Å². The summed E-state index contributed by atoms with van der Waals surface area (Å²) in [4.78, 5) is 14.1. The number of nitrogens with zero attached hydrogens (tertiary/aromatic N) is 3. The predicted molar refractivity (Wildman–Crippen MR) is 55.0 cm³/mol. The van der Waals surface area contributed by atoms with Gasteiger partial charge in [0.05, 0.1) is 0 Å². The molecule has 0 saturated heterocycles. The fraction of sp³-hybridized carbons (Fsp3) is 0.100. The van der Waals surface area contributed by atoms with Crippen LogP contribution in [0.1, 0.15) is 16.1 Å². The van der Waals surface area contributed by atoms with Gasteiger partial charge in [0.1, 0.15) is 5.56 Å². The van der Waals surface area contributed by atoms with Crippen LogP contribution < -0.4 is 0 Å². The lowest BCUT2D eigenvalue weighted by molar-refractivity contribution is -0.137. The van der Waals surface area contributed by atoms with Crippen LogP contribution in [0.15, 0.2) is 24.4 Å². The van der Waals surface area contributed by atoms with Gasteiger partial charge in [0.2, 0.25) is 5.88 Å². The van der Waals surface area contributed by atoms with Crippen LogP contribution in [0.25, 0.3) is 5.82 Å². The first-order valence-electron chi connectivity index (χ1n) is 4.85. The Kier molecular flexibility index (Phi) is 2.89.